The maximum atomic E-state index is 11.1. The van der Waals surface area contributed by atoms with Crippen molar-refractivity contribution in [3.8, 4) is 0 Å². The van der Waals surface area contributed by atoms with Gasteiger partial charge in [0, 0.05) is 31.0 Å². The van der Waals surface area contributed by atoms with Gasteiger partial charge in [-0.2, -0.15) is 0 Å². The van der Waals surface area contributed by atoms with E-state index in [0.717, 1.165) is 25.7 Å². The number of ether oxygens (including phenoxy) is 3. The number of rotatable bonds is 6. The van der Waals surface area contributed by atoms with Crippen molar-refractivity contribution < 1.29 is 19.3 Å². The minimum absolute atomic E-state index is 0.00950. The standard InChI is InChI=1S/C32H52O4/c1-20(2)18-22(34-8)19-21(3)23-12-14-30(7)24-13-15-32-25(10-11-26(33)28(32,4)5)31(24,27(35-9)36-32)17-16-29(23,30)6/h13,15,18,21-27,33H,10-12,14,16-17,19H2,1-9H3/t21-,22+,23-,24+,25+,26+,27-,29-,30+,31+,32-/m1/s1. The molecule has 1 aliphatic heterocycles. The fourth-order valence-corrected chi connectivity index (χ4v) is 10.6. The minimum Gasteiger partial charge on any atom is -0.392 e. The van der Waals surface area contributed by atoms with E-state index in [0.29, 0.717) is 23.7 Å². The fraction of sp³-hybridized carbons (Fsp3) is 0.875. The average molecular weight is 501 g/mol. The number of aliphatic hydroxyl groups excluding tert-OH is 1. The van der Waals surface area contributed by atoms with Crippen molar-refractivity contribution >= 4 is 0 Å². The SMILES string of the molecule is CO[C@@H]1O[C@]23C=C[C@@H]4[C@@]1(CC[C@]1(C)[C@@H]([C@H](C)C[C@H](C=C(C)C)OC)CC[C@@]41C)[C@@H]2CC[C@H](O)C3(C)C. The van der Waals surface area contributed by atoms with E-state index >= 15 is 0 Å². The Morgan fingerprint density at radius 1 is 1.06 bits per heavy atom. The lowest BCUT2D eigenvalue weighted by Crippen LogP contribution is -2.65. The molecule has 11 atom stereocenters. The van der Waals surface area contributed by atoms with Crippen LogP contribution in [0, 0.1) is 45.3 Å². The van der Waals surface area contributed by atoms with Crippen molar-refractivity contribution in [3.63, 3.8) is 0 Å². The highest BCUT2D eigenvalue weighted by atomic mass is 16.7. The Morgan fingerprint density at radius 3 is 2.42 bits per heavy atom. The van der Waals surface area contributed by atoms with Crippen molar-refractivity contribution in [3.05, 3.63) is 23.8 Å². The van der Waals surface area contributed by atoms with Crippen LogP contribution in [-0.2, 0) is 14.2 Å². The molecule has 5 aliphatic rings. The van der Waals surface area contributed by atoms with Gasteiger partial charge < -0.3 is 19.3 Å². The van der Waals surface area contributed by atoms with Crippen LogP contribution in [0.15, 0.2) is 23.8 Å². The third kappa shape index (κ3) is 3.20. The summed E-state index contributed by atoms with van der Waals surface area (Å²) in [5.41, 5.74) is 1.04. The van der Waals surface area contributed by atoms with Crippen LogP contribution in [0.25, 0.3) is 0 Å². The Kier molecular flexibility index (Phi) is 6.48. The molecule has 5 rings (SSSR count). The summed E-state index contributed by atoms with van der Waals surface area (Å²) in [6.45, 7) is 16.4. The number of hydrogen-bond donors (Lipinski definition) is 1. The van der Waals surface area contributed by atoms with E-state index in [1.807, 2.05) is 14.2 Å². The number of aliphatic hydroxyl groups is 1. The second-order valence-corrected chi connectivity index (χ2v) is 14.5. The summed E-state index contributed by atoms with van der Waals surface area (Å²) in [5.74, 6) is 2.14. The van der Waals surface area contributed by atoms with E-state index in [4.69, 9.17) is 14.2 Å². The van der Waals surface area contributed by atoms with E-state index in [1.54, 1.807) is 0 Å². The smallest absolute Gasteiger partial charge is 0.164 e. The maximum absolute atomic E-state index is 11.1. The first-order valence-electron chi connectivity index (χ1n) is 14.6. The summed E-state index contributed by atoms with van der Waals surface area (Å²) in [5, 5.41) is 11.1. The van der Waals surface area contributed by atoms with Gasteiger partial charge in [-0.1, -0.05) is 58.4 Å². The van der Waals surface area contributed by atoms with E-state index in [9.17, 15) is 5.11 Å². The van der Waals surface area contributed by atoms with Crippen LogP contribution in [-0.4, -0.2) is 43.4 Å². The average Bonchev–Trinajstić information content (AvgIpc) is 3.19. The Bertz CT molecular complexity index is 919. The normalized spacial score (nSPS) is 50.1. The molecule has 204 valence electrons. The van der Waals surface area contributed by atoms with Gasteiger partial charge in [-0.3, -0.25) is 0 Å². The number of allylic oxidation sites excluding steroid dienone is 2. The zero-order valence-corrected chi connectivity index (χ0v) is 24.4. The second-order valence-electron chi connectivity index (χ2n) is 14.5. The topological polar surface area (TPSA) is 47.9 Å². The van der Waals surface area contributed by atoms with Gasteiger partial charge in [0.2, 0.25) is 0 Å². The molecular formula is C32H52O4. The van der Waals surface area contributed by atoms with Gasteiger partial charge in [-0.25, -0.2) is 0 Å². The minimum atomic E-state index is -0.437. The van der Waals surface area contributed by atoms with Crippen LogP contribution in [0.4, 0.5) is 0 Å². The van der Waals surface area contributed by atoms with Crippen molar-refractivity contribution in [2.24, 2.45) is 45.3 Å². The molecule has 0 aromatic carbocycles. The molecule has 1 N–H and O–H groups in total. The van der Waals surface area contributed by atoms with Gasteiger partial charge in [-0.05, 0) is 87.4 Å². The van der Waals surface area contributed by atoms with E-state index < -0.39 is 5.60 Å². The molecule has 0 amide bonds. The van der Waals surface area contributed by atoms with Crippen LogP contribution < -0.4 is 0 Å². The maximum Gasteiger partial charge on any atom is 0.164 e. The van der Waals surface area contributed by atoms with Crippen LogP contribution >= 0.6 is 0 Å². The third-order valence-electron chi connectivity index (χ3n) is 12.8. The molecule has 0 radical (unpaired) electrons. The quantitative estimate of drug-likeness (QED) is 0.402. The molecule has 4 fully saturated rings. The van der Waals surface area contributed by atoms with E-state index in [2.05, 4.69) is 66.7 Å². The predicted molar refractivity (Wildman–Crippen MR) is 144 cm³/mol. The Balaban J connectivity index is 1.52. The van der Waals surface area contributed by atoms with Gasteiger partial charge in [0.25, 0.3) is 0 Å². The predicted octanol–water partition coefficient (Wildman–Crippen LogP) is 6.92. The van der Waals surface area contributed by atoms with Crippen molar-refractivity contribution in [1.82, 2.24) is 0 Å². The largest absolute Gasteiger partial charge is 0.392 e. The molecule has 3 saturated carbocycles. The highest BCUT2D eigenvalue weighted by Crippen LogP contribution is 2.78. The molecule has 4 heteroatoms. The van der Waals surface area contributed by atoms with Crippen molar-refractivity contribution in [2.45, 2.75) is 118 Å². The molecule has 2 bridgehead atoms. The molecule has 0 aromatic rings. The first-order valence-corrected chi connectivity index (χ1v) is 14.6. The lowest BCUT2D eigenvalue weighted by atomic mass is 9.38. The van der Waals surface area contributed by atoms with Gasteiger partial charge in [0.05, 0.1) is 12.2 Å². The first kappa shape index (κ1) is 26.9. The summed E-state index contributed by atoms with van der Waals surface area (Å²) in [6, 6.07) is 0. The number of hydrogen-bond acceptors (Lipinski definition) is 4. The van der Waals surface area contributed by atoms with Gasteiger partial charge in [-0.15, -0.1) is 0 Å². The van der Waals surface area contributed by atoms with Gasteiger partial charge >= 0.3 is 0 Å². The molecule has 1 heterocycles. The number of fused-ring (bicyclic) bond motifs is 2. The Morgan fingerprint density at radius 2 is 1.78 bits per heavy atom. The highest BCUT2D eigenvalue weighted by molar-refractivity contribution is 5.34. The monoisotopic (exact) mass is 500 g/mol. The van der Waals surface area contributed by atoms with E-state index in [1.165, 1.54) is 24.8 Å². The molecule has 1 saturated heterocycles. The molecule has 0 aromatic heterocycles. The highest BCUT2D eigenvalue weighted by Gasteiger charge is 2.78. The van der Waals surface area contributed by atoms with Gasteiger partial charge in [0.1, 0.15) is 5.60 Å². The third-order valence-corrected chi connectivity index (χ3v) is 12.8. The van der Waals surface area contributed by atoms with Crippen LogP contribution in [0.2, 0.25) is 0 Å². The zero-order chi connectivity index (χ0) is 26.3. The molecule has 4 nitrogen and oxygen atoms in total. The molecular weight excluding hydrogens is 448 g/mol. The second kappa shape index (κ2) is 8.66. The summed E-state index contributed by atoms with van der Waals surface area (Å²) in [7, 11) is 3.70. The zero-order valence-electron chi connectivity index (χ0n) is 24.4. The fourth-order valence-electron chi connectivity index (χ4n) is 10.6. The van der Waals surface area contributed by atoms with E-state index in [-0.39, 0.29) is 40.2 Å². The summed E-state index contributed by atoms with van der Waals surface area (Å²) in [4.78, 5) is 0. The number of methoxy groups -OCH3 is 2. The lowest BCUT2D eigenvalue weighted by molar-refractivity contribution is -0.225. The summed E-state index contributed by atoms with van der Waals surface area (Å²) < 4.78 is 19.1. The molecule has 4 aliphatic carbocycles. The molecule has 1 spiro atoms. The van der Waals surface area contributed by atoms with Crippen LogP contribution in [0.1, 0.15) is 93.4 Å². The van der Waals surface area contributed by atoms with Crippen molar-refractivity contribution in [1.29, 1.82) is 0 Å². The van der Waals surface area contributed by atoms with Crippen LogP contribution in [0.5, 0.6) is 0 Å². The van der Waals surface area contributed by atoms with Crippen LogP contribution in [0.3, 0.4) is 0 Å². The summed E-state index contributed by atoms with van der Waals surface area (Å²) >= 11 is 0. The Hall–Kier alpha value is -0.680. The lowest BCUT2D eigenvalue weighted by Gasteiger charge is -2.65. The summed E-state index contributed by atoms with van der Waals surface area (Å²) in [6.07, 6.45) is 14.8. The molecule has 0 unspecified atom stereocenters. The first-order chi connectivity index (χ1) is 16.8. The van der Waals surface area contributed by atoms with Gasteiger partial charge in [0.15, 0.2) is 6.29 Å². The Labute approximate surface area is 220 Å². The molecule has 36 heavy (non-hydrogen) atoms. The van der Waals surface area contributed by atoms with Crippen molar-refractivity contribution in [2.75, 3.05) is 14.2 Å².